The van der Waals surface area contributed by atoms with Crippen molar-refractivity contribution < 1.29 is 23.8 Å². The van der Waals surface area contributed by atoms with E-state index in [0.717, 1.165) is 18.4 Å². The van der Waals surface area contributed by atoms with Crippen LogP contribution in [0.5, 0.6) is 0 Å². The Morgan fingerprint density at radius 1 is 1.26 bits per heavy atom. The highest BCUT2D eigenvalue weighted by atomic mass is 35.5. The van der Waals surface area contributed by atoms with Gasteiger partial charge in [0.2, 0.25) is 11.9 Å². The Bertz CT molecular complexity index is 1350. The van der Waals surface area contributed by atoms with Gasteiger partial charge >= 0.3 is 0 Å². The summed E-state index contributed by atoms with van der Waals surface area (Å²) < 4.78 is 19.4. The van der Waals surface area contributed by atoms with Crippen LogP contribution in [0.4, 0.5) is 10.3 Å². The van der Waals surface area contributed by atoms with Gasteiger partial charge in [0.1, 0.15) is 18.1 Å². The third kappa shape index (κ3) is 5.59. The smallest absolute Gasteiger partial charge is 0.254 e. The lowest BCUT2D eigenvalue weighted by Crippen LogP contribution is -2.40. The van der Waals surface area contributed by atoms with Crippen LogP contribution < -0.4 is 10.6 Å². The number of ether oxygens (including phenoxy) is 1. The van der Waals surface area contributed by atoms with E-state index in [-0.39, 0.29) is 30.7 Å². The summed E-state index contributed by atoms with van der Waals surface area (Å²) in [7, 11) is 0. The van der Waals surface area contributed by atoms with Crippen molar-refractivity contribution in [2.45, 2.75) is 31.5 Å². The summed E-state index contributed by atoms with van der Waals surface area (Å²) in [6.07, 6.45) is 4.61. The summed E-state index contributed by atoms with van der Waals surface area (Å²) in [5.41, 5.74) is 2.27. The van der Waals surface area contributed by atoms with E-state index in [9.17, 15) is 19.1 Å². The summed E-state index contributed by atoms with van der Waals surface area (Å²) in [6.45, 7) is 0.793. The zero-order valence-corrected chi connectivity index (χ0v) is 21.1. The number of hydrogen-bond donors (Lipinski definition) is 3. The first-order valence-corrected chi connectivity index (χ1v) is 12.6. The molecular weight excluding hydrogens is 515 g/mol. The number of fused-ring (bicyclic) bond motifs is 1. The molecule has 0 radical (unpaired) electrons. The first-order valence-electron chi connectivity index (χ1n) is 12.2. The number of aliphatic hydroxyl groups excluding tert-OH is 1. The average Bonchev–Trinajstić information content (AvgIpc) is 3.23. The minimum absolute atomic E-state index is 0.0727. The number of nitrogens with one attached hydrogen (secondary N) is 2. The van der Waals surface area contributed by atoms with Crippen molar-refractivity contribution in [3.05, 3.63) is 70.4 Å². The van der Waals surface area contributed by atoms with E-state index >= 15 is 0 Å². The van der Waals surface area contributed by atoms with Crippen LogP contribution in [0.15, 0.2) is 42.7 Å². The van der Waals surface area contributed by atoms with Gasteiger partial charge in [0.25, 0.3) is 5.91 Å². The van der Waals surface area contributed by atoms with Crippen molar-refractivity contribution in [2.24, 2.45) is 0 Å². The SMILES string of the molecule is O=C(CN1Cc2ccc(-c3nc(NC4CCOCC4)ncc3Cl)cc2C1=O)N[C@H](CO)c1ncccc1F. The fraction of sp³-hybridized carbons (Fsp3) is 0.346. The van der Waals surface area contributed by atoms with E-state index in [4.69, 9.17) is 16.3 Å². The largest absolute Gasteiger partial charge is 0.394 e. The maximum absolute atomic E-state index is 14.1. The van der Waals surface area contributed by atoms with E-state index < -0.39 is 24.4 Å². The highest BCUT2D eigenvalue weighted by molar-refractivity contribution is 6.33. The summed E-state index contributed by atoms with van der Waals surface area (Å²) in [6, 6.07) is 7.14. The molecule has 2 aromatic heterocycles. The first-order chi connectivity index (χ1) is 18.4. The van der Waals surface area contributed by atoms with Crippen molar-refractivity contribution >= 4 is 29.4 Å². The van der Waals surface area contributed by atoms with Crippen LogP contribution in [0.2, 0.25) is 5.02 Å². The van der Waals surface area contributed by atoms with Gasteiger partial charge in [0.15, 0.2) is 0 Å². The van der Waals surface area contributed by atoms with Crippen LogP contribution in [0.3, 0.4) is 0 Å². The zero-order chi connectivity index (χ0) is 26.6. The molecule has 3 N–H and O–H groups in total. The second-order valence-electron chi connectivity index (χ2n) is 9.13. The summed E-state index contributed by atoms with van der Waals surface area (Å²) in [5, 5.41) is 15.9. The molecule has 2 amide bonds. The highest BCUT2D eigenvalue weighted by Crippen LogP contribution is 2.31. The van der Waals surface area contributed by atoms with E-state index in [2.05, 4.69) is 25.6 Å². The number of halogens is 2. The Morgan fingerprint density at radius 2 is 2.08 bits per heavy atom. The molecule has 198 valence electrons. The third-order valence-electron chi connectivity index (χ3n) is 6.53. The number of benzene rings is 1. The summed E-state index contributed by atoms with van der Waals surface area (Å²) in [4.78, 5) is 40.0. The van der Waals surface area contributed by atoms with Gasteiger partial charge < -0.3 is 25.4 Å². The van der Waals surface area contributed by atoms with Crippen LogP contribution in [-0.2, 0) is 16.1 Å². The monoisotopic (exact) mass is 540 g/mol. The van der Waals surface area contributed by atoms with Crippen molar-refractivity contribution in [2.75, 3.05) is 31.7 Å². The Morgan fingerprint density at radius 3 is 2.84 bits per heavy atom. The molecule has 0 spiro atoms. The Kier molecular flexibility index (Phi) is 7.77. The van der Waals surface area contributed by atoms with E-state index in [1.165, 1.54) is 29.4 Å². The van der Waals surface area contributed by atoms with E-state index in [0.29, 0.717) is 41.0 Å². The number of amides is 2. The Hall–Kier alpha value is -3.67. The van der Waals surface area contributed by atoms with Gasteiger partial charge in [-0.1, -0.05) is 23.7 Å². The lowest BCUT2D eigenvalue weighted by molar-refractivity contribution is -0.123. The van der Waals surface area contributed by atoms with E-state index in [1.54, 1.807) is 6.07 Å². The Labute approximate surface area is 223 Å². The van der Waals surface area contributed by atoms with Gasteiger partial charge in [-0.05, 0) is 36.6 Å². The summed E-state index contributed by atoms with van der Waals surface area (Å²) >= 11 is 6.41. The van der Waals surface area contributed by atoms with E-state index in [1.807, 2.05) is 12.1 Å². The second-order valence-corrected chi connectivity index (χ2v) is 9.53. The molecule has 1 atom stereocenters. The average molecular weight is 541 g/mol. The molecule has 0 aliphatic carbocycles. The minimum Gasteiger partial charge on any atom is -0.394 e. The van der Waals surface area contributed by atoms with Crippen LogP contribution in [0.1, 0.15) is 40.5 Å². The van der Waals surface area contributed by atoms with Crippen molar-refractivity contribution in [1.82, 2.24) is 25.2 Å². The second kappa shape index (κ2) is 11.4. The van der Waals surface area contributed by atoms with Crippen LogP contribution in [-0.4, -0.2) is 69.2 Å². The fourth-order valence-corrected chi connectivity index (χ4v) is 4.77. The summed E-state index contributed by atoms with van der Waals surface area (Å²) in [5.74, 6) is -1.06. The number of pyridine rings is 1. The third-order valence-corrected chi connectivity index (χ3v) is 6.81. The standard InChI is InChI=1S/C26H26ClFN6O4/c27-19-11-30-26(31-17-5-8-38-9-6-17)33-23(19)15-3-4-16-12-34(25(37)18(16)10-15)13-22(36)32-21(14-35)24-20(28)2-1-7-29-24/h1-4,7,10-11,17,21,35H,5-6,8-9,12-14H2,(H,32,36)(H,30,31,33)/t21-/m1/s1. The molecule has 5 rings (SSSR count). The van der Waals surface area contributed by atoms with Crippen molar-refractivity contribution in [1.29, 1.82) is 0 Å². The molecule has 0 bridgehead atoms. The van der Waals surface area contributed by atoms with Crippen molar-refractivity contribution in [3.8, 4) is 11.3 Å². The maximum Gasteiger partial charge on any atom is 0.254 e. The Balaban J connectivity index is 1.28. The van der Waals surface area contributed by atoms with Crippen LogP contribution in [0.25, 0.3) is 11.3 Å². The predicted molar refractivity (Wildman–Crippen MR) is 137 cm³/mol. The molecule has 0 unspecified atom stereocenters. The first kappa shape index (κ1) is 26.0. The quantitative estimate of drug-likeness (QED) is 0.398. The highest BCUT2D eigenvalue weighted by Gasteiger charge is 2.30. The lowest BCUT2D eigenvalue weighted by Gasteiger charge is -2.23. The molecule has 3 aromatic rings. The number of aromatic nitrogens is 3. The molecule has 1 aromatic carbocycles. The number of hydrogen-bond acceptors (Lipinski definition) is 8. The molecule has 1 fully saturated rings. The van der Waals surface area contributed by atoms with Gasteiger partial charge in [-0.25, -0.2) is 14.4 Å². The molecule has 4 heterocycles. The number of aliphatic hydroxyl groups is 1. The molecule has 1 saturated heterocycles. The number of carbonyl (C=O) groups excluding carboxylic acids is 2. The maximum atomic E-state index is 14.1. The number of anilines is 1. The number of nitrogens with zero attached hydrogens (tertiary/aromatic N) is 4. The fourth-order valence-electron chi connectivity index (χ4n) is 4.57. The topological polar surface area (TPSA) is 130 Å². The molecule has 38 heavy (non-hydrogen) atoms. The lowest BCUT2D eigenvalue weighted by atomic mass is 10.0. The van der Waals surface area contributed by atoms with Gasteiger partial charge in [-0.3, -0.25) is 14.6 Å². The number of carbonyl (C=O) groups is 2. The molecule has 10 nitrogen and oxygen atoms in total. The molecule has 2 aliphatic rings. The van der Waals surface area contributed by atoms with Gasteiger partial charge in [0.05, 0.1) is 29.6 Å². The molecule has 2 aliphatic heterocycles. The van der Waals surface area contributed by atoms with Crippen LogP contribution in [0, 0.1) is 5.82 Å². The number of rotatable bonds is 8. The predicted octanol–water partition coefficient (Wildman–Crippen LogP) is 2.73. The van der Waals surface area contributed by atoms with Crippen LogP contribution >= 0.6 is 11.6 Å². The normalized spacial score (nSPS) is 16.3. The van der Waals surface area contributed by atoms with Gasteiger partial charge in [-0.2, -0.15) is 0 Å². The zero-order valence-electron chi connectivity index (χ0n) is 20.4. The van der Waals surface area contributed by atoms with Gasteiger partial charge in [-0.15, -0.1) is 0 Å². The van der Waals surface area contributed by atoms with Gasteiger partial charge in [0, 0.05) is 43.1 Å². The van der Waals surface area contributed by atoms with Crippen molar-refractivity contribution in [3.63, 3.8) is 0 Å². The molecular formula is C26H26ClFN6O4. The molecule has 12 heteroatoms. The molecule has 0 saturated carbocycles. The minimum atomic E-state index is -1.03.